The van der Waals surface area contributed by atoms with Gasteiger partial charge in [0, 0.05) is 18.2 Å². The number of ether oxygens (including phenoxy) is 1. The van der Waals surface area contributed by atoms with E-state index >= 15 is 0 Å². The number of rotatable bonds is 4. The molecular formula is C23H24ClFN4O2. The molecule has 1 unspecified atom stereocenters. The van der Waals surface area contributed by atoms with Crippen molar-refractivity contribution in [1.82, 2.24) is 14.8 Å². The molecule has 1 fully saturated rings. The Balaban J connectivity index is 1.62. The number of pyridine rings is 1. The maximum Gasteiger partial charge on any atom is 0.284 e. The number of benzene rings is 1. The standard InChI is InChI=1S/C23H24ClFN4O2/c1-13-18(24)12-26-15(3)22(13)27-23(30)19(25)10-16-7-8-17-14(2)28-29(20(17)11-16)21-6-4-5-9-31-21/h7-8,10-12,21H,4-6,9H2,1-3H3,(H,27,30)/b19-10-. The summed E-state index contributed by atoms with van der Waals surface area (Å²) in [6, 6.07) is 5.49. The van der Waals surface area contributed by atoms with Crippen molar-refractivity contribution in [2.45, 2.75) is 46.3 Å². The van der Waals surface area contributed by atoms with E-state index in [9.17, 15) is 9.18 Å². The first-order valence-corrected chi connectivity index (χ1v) is 10.6. The Morgan fingerprint density at radius 3 is 2.84 bits per heavy atom. The molecule has 6 nitrogen and oxygen atoms in total. The normalized spacial score (nSPS) is 17.2. The number of fused-ring (bicyclic) bond motifs is 1. The monoisotopic (exact) mass is 442 g/mol. The van der Waals surface area contributed by atoms with Gasteiger partial charge in [0.15, 0.2) is 12.1 Å². The molecule has 0 saturated carbocycles. The highest BCUT2D eigenvalue weighted by atomic mass is 35.5. The molecule has 31 heavy (non-hydrogen) atoms. The van der Waals surface area contributed by atoms with Crippen molar-refractivity contribution >= 4 is 40.2 Å². The number of nitrogens with zero attached hydrogens (tertiary/aromatic N) is 3. The van der Waals surface area contributed by atoms with Gasteiger partial charge in [-0.05, 0) is 63.3 Å². The molecule has 0 radical (unpaired) electrons. The fourth-order valence-corrected chi connectivity index (χ4v) is 3.96. The highest BCUT2D eigenvalue weighted by Gasteiger charge is 2.20. The highest BCUT2D eigenvalue weighted by Crippen LogP contribution is 2.29. The summed E-state index contributed by atoms with van der Waals surface area (Å²) in [4.78, 5) is 16.6. The molecule has 0 spiro atoms. The Bertz CT molecular complexity index is 1180. The SMILES string of the molecule is Cc1ncc(Cl)c(C)c1NC(=O)/C(F)=C/c1ccc2c(C)nn(C3CCCCO3)c2c1. The van der Waals surface area contributed by atoms with Gasteiger partial charge in [0.2, 0.25) is 0 Å². The maximum atomic E-state index is 14.7. The molecule has 8 heteroatoms. The van der Waals surface area contributed by atoms with Gasteiger partial charge in [-0.3, -0.25) is 9.78 Å². The van der Waals surface area contributed by atoms with Gasteiger partial charge in [-0.15, -0.1) is 0 Å². The lowest BCUT2D eigenvalue weighted by Gasteiger charge is -2.23. The van der Waals surface area contributed by atoms with Gasteiger partial charge >= 0.3 is 0 Å². The molecule has 1 aliphatic heterocycles. The van der Waals surface area contributed by atoms with Gasteiger partial charge in [0.1, 0.15) is 0 Å². The van der Waals surface area contributed by atoms with Crippen LogP contribution in [0.15, 0.2) is 30.2 Å². The molecule has 1 atom stereocenters. The van der Waals surface area contributed by atoms with E-state index in [4.69, 9.17) is 16.3 Å². The number of aryl methyl sites for hydroxylation is 2. The number of amides is 1. The maximum absolute atomic E-state index is 14.7. The van der Waals surface area contributed by atoms with E-state index in [1.165, 1.54) is 12.3 Å². The lowest BCUT2D eigenvalue weighted by molar-refractivity contribution is -0.114. The van der Waals surface area contributed by atoms with Crippen molar-refractivity contribution in [2.24, 2.45) is 0 Å². The molecule has 0 bridgehead atoms. The fourth-order valence-electron chi connectivity index (χ4n) is 3.81. The van der Waals surface area contributed by atoms with Crippen LogP contribution in [-0.4, -0.2) is 27.3 Å². The highest BCUT2D eigenvalue weighted by molar-refractivity contribution is 6.31. The average Bonchev–Trinajstić information content (AvgIpc) is 3.10. The second kappa shape index (κ2) is 8.77. The minimum atomic E-state index is -0.908. The van der Waals surface area contributed by atoms with Crippen LogP contribution in [0, 0.1) is 20.8 Å². The molecule has 1 N–H and O–H groups in total. The summed E-state index contributed by atoms with van der Waals surface area (Å²) >= 11 is 6.07. The largest absolute Gasteiger partial charge is 0.356 e. The second-order valence-electron chi connectivity index (χ2n) is 7.77. The summed E-state index contributed by atoms with van der Waals surface area (Å²) in [5, 5.41) is 8.59. The van der Waals surface area contributed by atoms with Gasteiger partial charge in [-0.1, -0.05) is 23.7 Å². The molecular weight excluding hydrogens is 419 g/mol. The average molecular weight is 443 g/mol. The van der Waals surface area contributed by atoms with E-state index in [1.54, 1.807) is 19.9 Å². The minimum absolute atomic E-state index is 0.126. The van der Waals surface area contributed by atoms with Crippen LogP contribution in [0.1, 0.15) is 48.0 Å². The summed E-state index contributed by atoms with van der Waals surface area (Å²) in [7, 11) is 0. The first-order chi connectivity index (χ1) is 14.8. The third-order valence-corrected chi connectivity index (χ3v) is 5.94. The predicted molar refractivity (Wildman–Crippen MR) is 120 cm³/mol. The van der Waals surface area contributed by atoms with Gasteiger partial charge < -0.3 is 10.1 Å². The summed E-state index contributed by atoms with van der Waals surface area (Å²) in [6.45, 7) is 6.12. The Morgan fingerprint density at radius 1 is 1.29 bits per heavy atom. The number of aromatic nitrogens is 3. The summed E-state index contributed by atoms with van der Waals surface area (Å²) in [6.07, 6.45) is 5.61. The number of halogens is 2. The zero-order valence-electron chi connectivity index (χ0n) is 17.7. The van der Waals surface area contributed by atoms with Crippen molar-refractivity contribution in [2.75, 3.05) is 11.9 Å². The third-order valence-electron chi connectivity index (χ3n) is 5.56. The van der Waals surface area contributed by atoms with Gasteiger partial charge in [0.25, 0.3) is 5.91 Å². The summed E-state index contributed by atoms with van der Waals surface area (Å²) in [5.74, 6) is -1.76. The van der Waals surface area contributed by atoms with Crippen LogP contribution in [-0.2, 0) is 9.53 Å². The number of carbonyl (C=O) groups is 1. The number of nitrogens with one attached hydrogen (secondary N) is 1. The van der Waals surface area contributed by atoms with Crippen LogP contribution in [0.5, 0.6) is 0 Å². The van der Waals surface area contributed by atoms with E-state index in [-0.39, 0.29) is 6.23 Å². The quantitative estimate of drug-likeness (QED) is 0.529. The lowest BCUT2D eigenvalue weighted by atomic mass is 10.1. The van der Waals surface area contributed by atoms with E-state index < -0.39 is 11.7 Å². The van der Waals surface area contributed by atoms with Crippen LogP contribution in [0.2, 0.25) is 5.02 Å². The molecule has 1 aliphatic rings. The molecule has 1 saturated heterocycles. The Labute approximate surface area is 185 Å². The van der Waals surface area contributed by atoms with E-state index in [2.05, 4.69) is 15.4 Å². The predicted octanol–water partition coefficient (Wildman–Crippen LogP) is 5.66. The van der Waals surface area contributed by atoms with Crippen LogP contribution in [0.25, 0.3) is 17.0 Å². The van der Waals surface area contributed by atoms with Crippen LogP contribution >= 0.6 is 11.6 Å². The van der Waals surface area contributed by atoms with Crippen LogP contribution in [0.4, 0.5) is 10.1 Å². The molecule has 2 aromatic heterocycles. The van der Waals surface area contributed by atoms with Crippen molar-refractivity contribution in [3.8, 4) is 0 Å². The van der Waals surface area contributed by atoms with Crippen molar-refractivity contribution in [3.05, 3.63) is 57.8 Å². The smallest absolute Gasteiger partial charge is 0.284 e. The Hall–Kier alpha value is -2.77. The number of carbonyl (C=O) groups excluding carboxylic acids is 1. The zero-order chi connectivity index (χ0) is 22.1. The van der Waals surface area contributed by atoms with Crippen LogP contribution in [0.3, 0.4) is 0 Å². The topological polar surface area (TPSA) is 69.0 Å². The molecule has 4 rings (SSSR count). The zero-order valence-corrected chi connectivity index (χ0v) is 18.5. The third kappa shape index (κ3) is 4.34. The summed E-state index contributed by atoms with van der Waals surface area (Å²) < 4.78 is 22.5. The van der Waals surface area contributed by atoms with Crippen LogP contribution < -0.4 is 5.32 Å². The fraction of sp³-hybridized carbons (Fsp3) is 0.348. The second-order valence-corrected chi connectivity index (χ2v) is 8.17. The van der Waals surface area contributed by atoms with Crippen molar-refractivity contribution < 1.29 is 13.9 Å². The lowest BCUT2D eigenvalue weighted by Crippen LogP contribution is -2.19. The van der Waals surface area contributed by atoms with E-state index in [1.807, 2.05) is 23.7 Å². The van der Waals surface area contributed by atoms with Gasteiger partial charge in [0.05, 0.1) is 27.6 Å². The molecule has 1 amide bonds. The molecule has 3 aromatic rings. The minimum Gasteiger partial charge on any atom is -0.356 e. The van der Waals surface area contributed by atoms with Gasteiger partial charge in [-0.2, -0.15) is 5.10 Å². The number of hydrogen-bond donors (Lipinski definition) is 1. The molecule has 3 heterocycles. The Kier molecular flexibility index (Phi) is 6.07. The molecule has 0 aliphatic carbocycles. The van der Waals surface area contributed by atoms with Crippen molar-refractivity contribution in [3.63, 3.8) is 0 Å². The van der Waals surface area contributed by atoms with Gasteiger partial charge in [-0.25, -0.2) is 9.07 Å². The first kappa shape index (κ1) is 21.5. The first-order valence-electron chi connectivity index (χ1n) is 10.3. The molecule has 1 aromatic carbocycles. The summed E-state index contributed by atoms with van der Waals surface area (Å²) in [5.41, 5.74) is 3.93. The Morgan fingerprint density at radius 2 is 2.10 bits per heavy atom. The van der Waals surface area contributed by atoms with E-state index in [0.29, 0.717) is 34.1 Å². The number of anilines is 1. The van der Waals surface area contributed by atoms with E-state index in [0.717, 1.165) is 35.9 Å². The van der Waals surface area contributed by atoms with Crippen molar-refractivity contribution in [1.29, 1.82) is 0 Å². The number of hydrogen-bond acceptors (Lipinski definition) is 4. The molecule has 162 valence electrons.